The Morgan fingerprint density at radius 1 is 1.39 bits per heavy atom. The maximum atomic E-state index is 12.4. The molecule has 3 N–H and O–H groups in total. The molecule has 23 heavy (non-hydrogen) atoms. The van der Waals surface area contributed by atoms with Gasteiger partial charge in [0.15, 0.2) is 0 Å². The van der Waals surface area contributed by atoms with Crippen LogP contribution in [0.5, 0.6) is 0 Å². The summed E-state index contributed by atoms with van der Waals surface area (Å²) in [6, 6.07) is 6.19. The molecule has 0 spiro atoms. The number of thioether (sulfide) groups is 1. The lowest BCUT2D eigenvalue weighted by Gasteiger charge is -2.28. The first-order valence-electron chi connectivity index (χ1n) is 7.73. The van der Waals surface area contributed by atoms with Gasteiger partial charge in [-0.1, -0.05) is 0 Å². The van der Waals surface area contributed by atoms with Crippen LogP contribution < -0.4 is 16.0 Å². The van der Waals surface area contributed by atoms with Crippen molar-refractivity contribution in [3.05, 3.63) is 23.8 Å². The highest BCUT2D eigenvalue weighted by Gasteiger charge is 2.21. The first-order chi connectivity index (χ1) is 10.6. The summed E-state index contributed by atoms with van der Waals surface area (Å²) in [6.07, 6.45) is 2.41. The van der Waals surface area contributed by atoms with Crippen molar-refractivity contribution in [1.82, 2.24) is 10.6 Å². The topological polar surface area (TPSA) is 70.2 Å². The van der Waals surface area contributed by atoms with Crippen molar-refractivity contribution in [3.8, 4) is 0 Å². The number of piperidine rings is 1. The predicted octanol–water partition coefficient (Wildman–Crippen LogP) is 2.41. The molecule has 0 aliphatic carbocycles. The van der Waals surface area contributed by atoms with Gasteiger partial charge < -0.3 is 16.0 Å². The van der Waals surface area contributed by atoms with E-state index in [9.17, 15) is 9.59 Å². The van der Waals surface area contributed by atoms with Gasteiger partial charge in [-0.15, -0.1) is 24.2 Å². The van der Waals surface area contributed by atoms with Crippen LogP contribution in [0.25, 0.3) is 0 Å². The quantitative estimate of drug-likeness (QED) is 0.762. The second-order valence-electron chi connectivity index (χ2n) is 5.91. The molecule has 0 saturated carbocycles. The van der Waals surface area contributed by atoms with Crippen LogP contribution in [0.15, 0.2) is 23.1 Å². The predicted molar refractivity (Wildman–Crippen MR) is 95.6 cm³/mol. The number of benzene rings is 1. The van der Waals surface area contributed by atoms with Crippen molar-refractivity contribution < 1.29 is 9.59 Å². The van der Waals surface area contributed by atoms with Crippen molar-refractivity contribution in [1.29, 1.82) is 0 Å². The standard InChI is InChI=1S/C16H21N3O2S.ClH/c1-10-8-12(4-6-17-10)18-16(21)11-2-3-14-13(9-11)19-15(20)5-7-22-14;/h2-3,9-10,12,17H,4-8H2,1H3,(H,18,21)(H,19,20);1H. The molecule has 2 heterocycles. The van der Waals surface area contributed by atoms with E-state index in [0.717, 1.165) is 35.7 Å². The molecule has 2 aliphatic rings. The van der Waals surface area contributed by atoms with Gasteiger partial charge in [-0.3, -0.25) is 9.59 Å². The number of hydrogen-bond donors (Lipinski definition) is 3. The Morgan fingerprint density at radius 3 is 3.00 bits per heavy atom. The van der Waals surface area contributed by atoms with Crippen LogP contribution in [-0.2, 0) is 4.79 Å². The molecule has 2 unspecified atom stereocenters. The molecular formula is C16H22ClN3O2S. The number of nitrogens with one attached hydrogen (secondary N) is 3. The maximum absolute atomic E-state index is 12.4. The van der Waals surface area contributed by atoms with Gasteiger partial charge in [0.1, 0.15) is 0 Å². The molecule has 2 atom stereocenters. The third-order valence-electron chi connectivity index (χ3n) is 4.06. The number of rotatable bonds is 2. The molecule has 1 saturated heterocycles. The Labute approximate surface area is 146 Å². The molecule has 1 aromatic carbocycles. The zero-order valence-electron chi connectivity index (χ0n) is 13.1. The van der Waals surface area contributed by atoms with Gasteiger partial charge in [0.25, 0.3) is 5.91 Å². The summed E-state index contributed by atoms with van der Waals surface area (Å²) in [4.78, 5) is 25.1. The number of anilines is 1. The Kier molecular flexibility index (Phi) is 6.33. The fourth-order valence-electron chi connectivity index (χ4n) is 2.89. The molecule has 3 rings (SSSR count). The largest absolute Gasteiger partial charge is 0.349 e. The van der Waals surface area contributed by atoms with Crippen LogP contribution in [0.2, 0.25) is 0 Å². The van der Waals surface area contributed by atoms with E-state index in [2.05, 4.69) is 22.9 Å². The van der Waals surface area contributed by atoms with Crippen LogP contribution >= 0.6 is 24.2 Å². The van der Waals surface area contributed by atoms with Gasteiger partial charge >= 0.3 is 0 Å². The van der Waals surface area contributed by atoms with Crippen LogP contribution in [0.1, 0.15) is 36.5 Å². The summed E-state index contributed by atoms with van der Waals surface area (Å²) in [6.45, 7) is 3.07. The fraction of sp³-hybridized carbons (Fsp3) is 0.500. The van der Waals surface area contributed by atoms with Crippen LogP contribution in [-0.4, -0.2) is 36.2 Å². The molecule has 7 heteroatoms. The van der Waals surface area contributed by atoms with Crippen LogP contribution in [0.3, 0.4) is 0 Å². The Hall–Kier alpha value is -1.24. The monoisotopic (exact) mass is 355 g/mol. The first kappa shape index (κ1) is 18.1. The zero-order chi connectivity index (χ0) is 15.5. The molecule has 0 radical (unpaired) electrons. The number of amides is 2. The lowest BCUT2D eigenvalue weighted by atomic mass is 10.00. The van der Waals surface area contributed by atoms with Gasteiger partial charge in [0.2, 0.25) is 5.91 Å². The molecule has 2 aliphatic heterocycles. The molecule has 0 aromatic heterocycles. The van der Waals surface area contributed by atoms with E-state index in [1.807, 2.05) is 12.1 Å². The summed E-state index contributed by atoms with van der Waals surface area (Å²) in [7, 11) is 0. The van der Waals surface area contributed by atoms with E-state index in [1.54, 1.807) is 17.8 Å². The Balaban J connectivity index is 0.00000192. The molecular weight excluding hydrogens is 334 g/mol. The first-order valence-corrected chi connectivity index (χ1v) is 8.71. The average molecular weight is 356 g/mol. The molecule has 1 fully saturated rings. The smallest absolute Gasteiger partial charge is 0.251 e. The number of halogens is 1. The highest BCUT2D eigenvalue weighted by atomic mass is 35.5. The molecule has 126 valence electrons. The number of hydrogen-bond acceptors (Lipinski definition) is 4. The number of carbonyl (C=O) groups is 2. The van der Waals surface area contributed by atoms with E-state index in [1.165, 1.54) is 0 Å². The number of carbonyl (C=O) groups excluding carboxylic acids is 2. The molecule has 5 nitrogen and oxygen atoms in total. The normalized spacial score (nSPS) is 23.8. The zero-order valence-corrected chi connectivity index (χ0v) is 14.7. The summed E-state index contributed by atoms with van der Waals surface area (Å²) in [5.74, 6) is 0.721. The van der Waals surface area contributed by atoms with E-state index < -0.39 is 0 Å². The Bertz CT molecular complexity index is 597. The number of fused-ring (bicyclic) bond motifs is 1. The molecule has 0 bridgehead atoms. The average Bonchev–Trinajstić information content (AvgIpc) is 2.67. The summed E-state index contributed by atoms with van der Waals surface area (Å²) in [5.41, 5.74) is 1.35. The highest BCUT2D eigenvalue weighted by Crippen LogP contribution is 2.31. The lowest BCUT2D eigenvalue weighted by Crippen LogP contribution is -2.46. The minimum Gasteiger partial charge on any atom is -0.349 e. The minimum atomic E-state index is -0.0644. The van der Waals surface area contributed by atoms with Crippen LogP contribution in [0.4, 0.5) is 5.69 Å². The minimum absolute atomic E-state index is 0. The summed E-state index contributed by atoms with van der Waals surface area (Å²) >= 11 is 1.65. The second kappa shape index (κ2) is 8.04. The summed E-state index contributed by atoms with van der Waals surface area (Å²) in [5, 5.41) is 9.36. The summed E-state index contributed by atoms with van der Waals surface area (Å²) < 4.78 is 0. The third-order valence-corrected chi connectivity index (χ3v) is 5.14. The SMILES string of the molecule is CC1CC(NC(=O)c2ccc3c(c2)NC(=O)CCS3)CCN1.Cl. The van der Waals surface area contributed by atoms with Crippen molar-refractivity contribution >= 4 is 41.7 Å². The third kappa shape index (κ3) is 4.62. The van der Waals surface area contributed by atoms with E-state index in [0.29, 0.717) is 18.0 Å². The van der Waals surface area contributed by atoms with Gasteiger partial charge in [-0.25, -0.2) is 0 Å². The fourth-order valence-corrected chi connectivity index (χ4v) is 3.83. The van der Waals surface area contributed by atoms with Crippen molar-refractivity contribution in [3.63, 3.8) is 0 Å². The van der Waals surface area contributed by atoms with E-state index in [-0.39, 0.29) is 30.3 Å². The lowest BCUT2D eigenvalue weighted by molar-refractivity contribution is -0.115. The van der Waals surface area contributed by atoms with Gasteiger partial charge in [0, 0.05) is 34.7 Å². The van der Waals surface area contributed by atoms with Gasteiger partial charge in [-0.05, 0) is 44.5 Å². The van der Waals surface area contributed by atoms with Crippen molar-refractivity contribution in [2.24, 2.45) is 0 Å². The molecule has 2 amide bonds. The van der Waals surface area contributed by atoms with Crippen molar-refractivity contribution in [2.45, 2.75) is 43.2 Å². The van der Waals surface area contributed by atoms with Gasteiger partial charge in [-0.2, -0.15) is 0 Å². The highest BCUT2D eigenvalue weighted by molar-refractivity contribution is 7.99. The van der Waals surface area contributed by atoms with E-state index >= 15 is 0 Å². The van der Waals surface area contributed by atoms with Gasteiger partial charge in [0.05, 0.1) is 5.69 Å². The maximum Gasteiger partial charge on any atom is 0.251 e. The second-order valence-corrected chi connectivity index (χ2v) is 7.04. The van der Waals surface area contributed by atoms with E-state index in [4.69, 9.17) is 0 Å². The Morgan fingerprint density at radius 2 is 2.22 bits per heavy atom. The van der Waals surface area contributed by atoms with Crippen LogP contribution in [0, 0.1) is 0 Å². The molecule has 1 aromatic rings. The van der Waals surface area contributed by atoms with Crippen molar-refractivity contribution in [2.75, 3.05) is 17.6 Å².